The number of hydrogen-bond donors (Lipinski definition) is 2. The molecule has 3 aromatic rings. The van der Waals surface area contributed by atoms with Crippen LogP contribution < -0.4 is 5.32 Å². The molecule has 21 heavy (non-hydrogen) atoms. The molecule has 0 aliphatic heterocycles. The minimum atomic E-state index is 0.238. The second-order valence-corrected chi connectivity index (χ2v) is 5.40. The summed E-state index contributed by atoms with van der Waals surface area (Å²) in [6.07, 6.45) is 8.42. The van der Waals surface area contributed by atoms with E-state index in [2.05, 4.69) is 26.3 Å². The summed E-state index contributed by atoms with van der Waals surface area (Å²) in [5.41, 5.74) is 3.19. The Bertz CT molecular complexity index is 723. The average molecular weight is 301 g/mol. The van der Waals surface area contributed by atoms with E-state index >= 15 is 0 Å². The number of fused-ring (bicyclic) bond motifs is 1. The van der Waals surface area contributed by atoms with Crippen LogP contribution in [0.3, 0.4) is 0 Å². The van der Waals surface area contributed by atoms with Crippen LogP contribution in [0.5, 0.6) is 0 Å². The van der Waals surface area contributed by atoms with Gasteiger partial charge in [0.25, 0.3) is 0 Å². The van der Waals surface area contributed by atoms with Crippen LogP contribution >= 0.6 is 11.6 Å². The number of aromatic nitrogens is 3. The zero-order valence-corrected chi connectivity index (χ0v) is 12.6. The predicted molar refractivity (Wildman–Crippen MR) is 85.7 cm³/mol. The molecule has 0 fully saturated rings. The molecule has 1 atom stereocenters. The highest BCUT2D eigenvalue weighted by Gasteiger charge is 2.19. The molecule has 0 aliphatic rings. The molecule has 5 heteroatoms. The van der Waals surface area contributed by atoms with E-state index in [4.69, 9.17) is 11.6 Å². The van der Waals surface area contributed by atoms with Gasteiger partial charge in [-0.2, -0.15) is 0 Å². The van der Waals surface area contributed by atoms with Crippen molar-refractivity contribution in [2.45, 2.75) is 12.3 Å². The minimum absolute atomic E-state index is 0.238. The third-order valence-electron chi connectivity index (χ3n) is 3.70. The SMILES string of the molecule is CNCCC(c1cccnc1)c1c[nH]c2nccc(Cl)c12. The maximum atomic E-state index is 6.38. The number of hydrogen-bond acceptors (Lipinski definition) is 3. The number of aromatic amines is 1. The van der Waals surface area contributed by atoms with Gasteiger partial charge in [0.05, 0.1) is 5.02 Å². The van der Waals surface area contributed by atoms with Gasteiger partial charge in [-0.05, 0) is 43.3 Å². The van der Waals surface area contributed by atoms with E-state index in [0.717, 1.165) is 29.0 Å². The van der Waals surface area contributed by atoms with Gasteiger partial charge in [0.2, 0.25) is 0 Å². The van der Waals surface area contributed by atoms with E-state index in [0.29, 0.717) is 0 Å². The number of halogens is 1. The third-order valence-corrected chi connectivity index (χ3v) is 4.01. The summed E-state index contributed by atoms with van der Waals surface area (Å²) in [5.74, 6) is 0.238. The fourth-order valence-electron chi connectivity index (χ4n) is 2.69. The number of H-pyrrole nitrogens is 1. The molecule has 4 nitrogen and oxygen atoms in total. The van der Waals surface area contributed by atoms with E-state index in [1.54, 1.807) is 12.4 Å². The first kappa shape index (κ1) is 14.0. The van der Waals surface area contributed by atoms with Crippen LogP contribution in [0, 0.1) is 0 Å². The second kappa shape index (κ2) is 6.24. The Kier molecular flexibility index (Phi) is 4.18. The minimum Gasteiger partial charge on any atom is -0.346 e. The van der Waals surface area contributed by atoms with E-state index in [1.807, 2.05) is 31.6 Å². The quantitative estimate of drug-likeness (QED) is 0.760. The van der Waals surface area contributed by atoms with Gasteiger partial charge >= 0.3 is 0 Å². The van der Waals surface area contributed by atoms with Crippen molar-refractivity contribution in [3.8, 4) is 0 Å². The van der Waals surface area contributed by atoms with E-state index in [1.165, 1.54) is 11.1 Å². The summed E-state index contributed by atoms with van der Waals surface area (Å²) in [5, 5.41) is 4.95. The summed E-state index contributed by atoms with van der Waals surface area (Å²) in [4.78, 5) is 11.8. The lowest BCUT2D eigenvalue weighted by Crippen LogP contribution is -2.13. The van der Waals surface area contributed by atoms with Crippen molar-refractivity contribution in [1.29, 1.82) is 0 Å². The Morgan fingerprint density at radius 1 is 1.33 bits per heavy atom. The lowest BCUT2D eigenvalue weighted by atomic mass is 9.89. The molecule has 0 saturated carbocycles. The topological polar surface area (TPSA) is 53.6 Å². The summed E-state index contributed by atoms with van der Waals surface area (Å²) in [6.45, 7) is 0.921. The van der Waals surface area contributed by atoms with Crippen molar-refractivity contribution in [2.75, 3.05) is 13.6 Å². The zero-order chi connectivity index (χ0) is 14.7. The van der Waals surface area contributed by atoms with Crippen LogP contribution in [0.15, 0.2) is 43.0 Å². The molecule has 108 valence electrons. The Balaban J connectivity index is 2.10. The van der Waals surface area contributed by atoms with Gasteiger partial charge in [-0.3, -0.25) is 4.98 Å². The maximum absolute atomic E-state index is 6.38. The molecular weight excluding hydrogens is 284 g/mol. The first-order valence-corrected chi connectivity index (χ1v) is 7.35. The van der Waals surface area contributed by atoms with Crippen LogP contribution in [-0.2, 0) is 0 Å². The fourth-order valence-corrected chi connectivity index (χ4v) is 2.94. The Morgan fingerprint density at radius 2 is 2.24 bits per heavy atom. The van der Waals surface area contributed by atoms with E-state index in [9.17, 15) is 0 Å². The number of pyridine rings is 2. The molecule has 0 radical (unpaired) electrons. The highest BCUT2D eigenvalue weighted by molar-refractivity contribution is 6.35. The van der Waals surface area contributed by atoms with Crippen molar-refractivity contribution in [3.63, 3.8) is 0 Å². The Morgan fingerprint density at radius 3 is 3.00 bits per heavy atom. The largest absolute Gasteiger partial charge is 0.346 e. The number of rotatable bonds is 5. The lowest BCUT2D eigenvalue weighted by Gasteiger charge is -2.17. The first-order chi connectivity index (χ1) is 10.3. The highest BCUT2D eigenvalue weighted by atomic mass is 35.5. The number of nitrogens with one attached hydrogen (secondary N) is 2. The van der Waals surface area contributed by atoms with E-state index in [-0.39, 0.29) is 5.92 Å². The average Bonchev–Trinajstić information content (AvgIpc) is 2.94. The van der Waals surface area contributed by atoms with Gasteiger partial charge in [-0.25, -0.2) is 4.98 Å². The molecule has 3 rings (SSSR count). The van der Waals surface area contributed by atoms with Gasteiger partial charge in [0.15, 0.2) is 0 Å². The van der Waals surface area contributed by atoms with Gasteiger partial charge < -0.3 is 10.3 Å². The van der Waals surface area contributed by atoms with Crippen molar-refractivity contribution in [1.82, 2.24) is 20.3 Å². The molecule has 0 spiro atoms. The van der Waals surface area contributed by atoms with Crippen molar-refractivity contribution in [3.05, 3.63) is 59.1 Å². The Hall–Kier alpha value is -1.91. The van der Waals surface area contributed by atoms with Gasteiger partial charge in [-0.15, -0.1) is 0 Å². The Labute approximate surface area is 128 Å². The molecule has 0 amide bonds. The molecule has 1 unspecified atom stereocenters. The van der Waals surface area contributed by atoms with Crippen LogP contribution in [0.4, 0.5) is 0 Å². The first-order valence-electron chi connectivity index (χ1n) is 6.97. The summed E-state index contributed by atoms with van der Waals surface area (Å²) >= 11 is 6.38. The molecule has 3 aromatic heterocycles. The third kappa shape index (κ3) is 2.77. The van der Waals surface area contributed by atoms with Crippen molar-refractivity contribution < 1.29 is 0 Å². The van der Waals surface area contributed by atoms with E-state index < -0.39 is 0 Å². The standard InChI is InChI=1S/C16H17ClN4/c1-18-7-4-12(11-3-2-6-19-9-11)13-10-21-16-15(13)14(17)5-8-20-16/h2-3,5-6,8-10,12,18H,4,7H2,1H3,(H,20,21). The van der Waals surface area contributed by atoms with Crippen molar-refractivity contribution >= 4 is 22.6 Å². The van der Waals surface area contributed by atoms with Crippen LogP contribution in [-0.4, -0.2) is 28.5 Å². The van der Waals surface area contributed by atoms with Gasteiger partial charge in [-0.1, -0.05) is 17.7 Å². The van der Waals surface area contributed by atoms with Crippen LogP contribution in [0.2, 0.25) is 5.02 Å². The van der Waals surface area contributed by atoms with Crippen molar-refractivity contribution in [2.24, 2.45) is 0 Å². The molecular formula is C16H17ClN4. The fraction of sp³-hybridized carbons (Fsp3) is 0.250. The highest BCUT2D eigenvalue weighted by Crippen LogP contribution is 2.35. The monoisotopic (exact) mass is 300 g/mol. The normalized spacial score (nSPS) is 12.7. The second-order valence-electron chi connectivity index (χ2n) is 4.99. The predicted octanol–water partition coefficient (Wildman–Crippen LogP) is 3.35. The van der Waals surface area contributed by atoms with Crippen LogP contribution in [0.25, 0.3) is 11.0 Å². The molecule has 0 aliphatic carbocycles. The summed E-state index contributed by atoms with van der Waals surface area (Å²) in [7, 11) is 1.96. The van der Waals surface area contributed by atoms with Gasteiger partial charge in [0.1, 0.15) is 5.65 Å². The lowest BCUT2D eigenvalue weighted by molar-refractivity contribution is 0.663. The molecule has 0 saturated heterocycles. The van der Waals surface area contributed by atoms with Gasteiger partial charge in [0, 0.05) is 36.1 Å². The summed E-state index contributed by atoms with van der Waals surface area (Å²) in [6, 6.07) is 5.91. The molecule has 0 aromatic carbocycles. The zero-order valence-electron chi connectivity index (χ0n) is 11.8. The smallest absolute Gasteiger partial charge is 0.139 e. The maximum Gasteiger partial charge on any atom is 0.139 e. The molecule has 2 N–H and O–H groups in total. The summed E-state index contributed by atoms with van der Waals surface area (Å²) < 4.78 is 0. The molecule has 3 heterocycles. The molecule has 0 bridgehead atoms. The number of nitrogens with zero attached hydrogens (tertiary/aromatic N) is 2. The van der Waals surface area contributed by atoms with Crippen LogP contribution in [0.1, 0.15) is 23.5 Å².